The van der Waals surface area contributed by atoms with Crippen molar-refractivity contribution in [2.45, 2.75) is 6.04 Å². The number of carbonyl (C=O) groups is 1. The molecule has 146 valence electrons. The summed E-state index contributed by atoms with van der Waals surface area (Å²) in [6.45, 7) is 0.722. The number of nitrogens with one attached hydrogen (secondary N) is 1. The molecule has 1 atom stereocenters. The van der Waals surface area contributed by atoms with Crippen molar-refractivity contribution in [3.8, 4) is 5.75 Å². The normalized spacial score (nSPS) is 12.0. The van der Waals surface area contributed by atoms with E-state index < -0.39 is 5.91 Å². The number of anilines is 2. The van der Waals surface area contributed by atoms with Crippen molar-refractivity contribution in [1.29, 1.82) is 0 Å². The fraction of sp³-hybridized carbons (Fsp3) is 0.263. The number of nitrogens with zero attached hydrogens (tertiary/aromatic N) is 5. The van der Waals surface area contributed by atoms with Gasteiger partial charge in [0.1, 0.15) is 5.75 Å². The number of ether oxygens (including phenoxy) is 1. The summed E-state index contributed by atoms with van der Waals surface area (Å²) in [6.07, 6.45) is 6.22. The van der Waals surface area contributed by atoms with Gasteiger partial charge in [-0.25, -0.2) is 9.97 Å². The topological polar surface area (TPSA) is 111 Å². The van der Waals surface area contributed by atoms with Crippen LogP contribution in [0.4, 0.5) is 11.5 Å². The lowest BCUT2D eigenvalue weighted by Gasteiger charge is -2.22. The van der Waals surface area contributed by atoms with E-state index in [4.69, 9.17) is 10.5 Å². The highest BCUT2D eigenvalue weighted by Gasteiger charge is 2.18. The predicted octanol–water partition coefficient (Wildman–Crippen LogP) is 1.67. The molecule has 9 nitrogen and oxygen atoms in total. The molecule has 0 aliphatic carbocycles. The van der Waals surface area contributed by atoms with Gasteiger partial charge in [0, 0.05) is 25.1 Å². The van der Waals surface area contributed by atoms with Gasteiger partial charge in [0.05, 0.1) is 25.0 Å². The number of hydrogen-bond donors (Lipinski definition) is 2. The smallest absolute Gasteiger partial charge is 0.278 e. The minimum absolute atomic E-state index is 0.0580. The van der Waals surface area contributed by atoms with E-state index in [2.05, 4.69) is 25.3 Å². The minimum Gasteiger partial charge on any atom is -0.497 e. The maximum Gasteiger partial charge on any atom is 0.278 e. The number of aromatic nitrogens is 4. The van der Waals surface area contributed by atoms with E-state index in [1.165, 1.54) is 12.4 Å². The quantitative estimate of drug-likeness (QED) is 0.640. The van der Waals surface area contributed by atoms with Crippen LogP contribution in [0, 0.1) is 0 Å². The van der Waals surface area contributed by atoms with E-state index in [1.807, 2.05) is 43.0 Å². The number of rotatable bonds is 7. The van der Waals surface area contributed by atoms with Crippen LogP contribution >= 0.6 is 0 Å². The summed E-state index contributed by atoms with van der Waals surface area (Å²) >= 11 is 0. The van der Waals surface area contributed by atoms with Gasteiger partial charge in [0.25, 0.3) is 5.91 Å². The van der Waals surface area contributed by atoms with Gasteiger partial charge in [-0.05, 0) is 31.8 Å². The standard InChI is InChI=1S/C19H23N7O2/c1-25(2)12-16(13-5-4-6-15(9-13)28-3)26-11-14(10-23-26)24-19(27)17-18(20)22-8-7-21-17/h4-11,16H,12H2,1-3H3,(H2,20,22)(H,24,27). The first kappa shape index (κ1) is 19.3. The Bertz CT molecular complexity index is 955. The van der Waals surface area contributed by atoms with Crippen LogP contribution in [0.3, 0.4) is 0 Å². The largest absolute Gasteiger partial charge is 0.497 e. The summed E-state index contributed by atoms with van der Waals surface area (Å²) in [5.41, 5.74) is 7.38. The minimum atomic E-state index is -0.435. The average Bonchev–Trinajstić information content (AvgIpc) is 3.14. The second-order valence-electron chi connectivity index (χ2n) is 6.51. The molecular weight excluding hydrogens is 358 g/mol. The first-order valence-corrected chi connectivity index (χ1v) is 8.68. The van der Waals surface area contributed by atoms with E-state index in [9.17, 15) is 4.79 Å². The highest BCUT2D eigenvalue weighted by atomic mass is 16.5. The third-order valence-electron chi connectivity index (χ3n) is 4.14. The number of nitrogen functional groups attached to an aromatic ring is 1. The van der Waals surface area contributed by atoms with Gasteiger partial charge in [0.2, 0.25) is 0 Å². The fourth-order valence-electron chi connectivity index (χ4n) is 2.82. The lowest BCUT2D eigenvalue weighted by atomic mass is 10.1. The molecule has 0 fully saturated rings. The molecule has 0 aliphatic rings. The molecule has 0 radical (unpaired) electrons. The maximum absolute atomic E-state index is 12.4. The Kier molecular flexibility index (Phi) is 5.85. The van der Waals surface area contributed by atoms with Crippen LogP contribution in [0.15, 0.2) is 49.1 Å². The van der Waals surface area contributed by atoms with Crippen molar-refractivity contribution in [1.82, 2.24) is 24.6 Å². The van der Waals surface area contributed by atoms with E-state index in [0.29, 0.717) is 5.69 Å². The molecular formula is C19H23N7O2. The Hall–Kier alpha value is -3.46. The van der Waals surface area contributed by atoms with Crippen molar-refractivity contribution in [3.05, 3.63) is 60.3 Å². The summed E-state index contributed by atoms with van der Waals surface area (Å²) in [5, 5.41) is 7.20. The van der Waals surface area contributed by atoms with Crippen LogP contribution in [0.1, 0.15) is 22.1 Å². The molecule has 0 saturated carbocycles. The molecule has 0 aliphatic heterocycles. The van der Waals surface area contributed by atoms with Gasteiger partial charge in [-0.1, -0.05) is 12.1 Å². The Morgan fingerprint density at radius 1 is 1.32 bits per heavy atom. The van der Waals surface area contributed by atoms with Crippen LogP contribution in [-0.2, 0) is 0 Å². The number of nitrogens with two attached hydrogens (primary N) is 1. The Labute approximate surface area is 163 Å². The van der Waals surface area contributed by atoms with Crippen LogP contribution in [-0.4, -0.2) is 58.3 Å². The Balaban J connectivity index is 1.84. The second kappa shape index (κ2) is 8.49. The third-order valence-corrected chi connectivity index (χ3v) is 4.14. The lowest BCUT2D eigenvalue weighted by Crippen LogP contribution is -2.25. The van der Waals surface area contributed by atoms with Crippen LogP contribution < -0.4 is 15.8 Å². The van der Waals surface area contributed by atoms with Gasteiger partial charge in [-0.15, -0.1) is 0 Å². The Morgan fingerprint density at radius 3 is 2.82 bits per heavy atom. The van der Waals surface area contributed by atoms with Crippen molar-refractivity contribution < 1.29 is 9.53 Å². The SMILES string of the molecule is COc1cccc(C(CN(C)C)n2cc(NC(=O)c3nccnc3N)cn2)c1. The van der Waals surface area contributed by atoms with E-state index >= 15 is 0 Å². The molecule has 1 amide bonds. The van der Waals surface area contributed by atoms with Crippen LogP contribution in [0.25, 0.3) is 0 Å². The zero-order valence-corrected chi connectivity index (χ0v) is 16.0. The maximum atomic E-state index is 12.4. The molecule has 9 heteroatoms. The zero-order valence-electron chi connectivity index (χ0n) is 16.0. The van der Waals surface area contributed by atoms with Crippen LogP contribution in [0.2, 0.25) is 0 Å². The number of amides is 1. The number of methoxy groups -OCH3 is 1. The molecule has 0 saturated heterocycles. The molecule has 2 heterocycles. The average molecular weight is 381 g/mol. The molecule has 0 spiro atoms. The number of benzene rings is 1. The van der Waals surface area contributed by atoms with Crippen LogP contribution in [0.5, 0.6) is 5.75 Å². The van der Waals surface area contributed by atoms with Gasteiger partial charge >= 0.3 is 0 Å². The van der Waals surface area contributed by atoms with Gasteiger partial charge in [0.15, 0.2) is 11.5 Å². The molecule has 3 aromatic rings. The summed E-state index contributed by atoms with van der Waals surface area (Å²) in [5.74, 6) is 0.421. The highest BCUT2D eigenvalue weighted by Crippen LogP contribution is 2.24. The van der Waals surface area contributed by atoms with Crippen molar-refractivity contribution >= 4 is 17.4 Å². The summed E-state index contributed by atoms with van der Waals surface area (Å²) in [4.78, 5) is 22.3. The molecule has 28 heavy (non-hydrogen) atoms. The lowest BCUT2D eigenvalue weighted by molar-refractivity contribution is 0.102. The molecule has 1 aromatic carbocycles. The zero-order chi connectivity index (χ0) is 20.1. The van der Waals surface area contributed by atoms with Gasteiger partial charge in [-0.3, -0.25) is 9.48 Å². The molecule has 3 N–H and O–H groups in total. The number of likely N-dealkylation sites (N-methyl/N-ethyl adjacent to an activating group) is 1. The summed E-state index contributed by atoms with van der Waals surface area (Å²) < 4.78 is 7.15. The second-order valence-corrected chi connectivity index (χ2v) is 6.51. The van der Waals surface area contributed by atoms with Gasteiger partial charge < -0.3 is 20.7 Å². The van der Waals surface area contributed by atoms with Gasteiger partial charge in [-0.2, -0.15) is 5.10 Å². The summed E-state index contributed by atoms with van der Waals surface area (Å²) in [7, 11) is 5.63. The first-order chi connectivity index (χ1) is 13.5. The number of hydrogen-bond acceptors (Lipinski definition) is 7. The molecule has 3 rings (SSSR count). The monoisotopic (exact) mass is 381 g/mol. The highest BCUT2D eigenvalue weighted by molar-refractivity contribution is 6.05. The molecule has 1 unspecified atom stereocenters. The summed E-state index contributed by atoms with van der Waals surface area (Å²) in [6, 6.07) is 7.79. The third kappa shape index (κ3) is 4.44. The predicted molar refractivity (Wildman–Crippen MR) is 106 cm³/mol. The Morgan fingerprint density at radius 2 is 2.11 bits per heavy atom. The molecule has 2 aromatic heterocycles. The van der Waals surface area contributed by atoms with E-state index in [1.54, 1.807) is 19.5 Å². The fourth-order valence-corrected chi connectivity index (χ4v) is 2.82. The van der Waals surface area contributed by atoms with Crippen molar-refractivity contribution in [3.63, 3.8) is 0 Å². The van der Waals surface area contributed by atoms with Crippen molar-refractivity contribution in [2.24, 2.45) is 0 Å². The molecule has 0 bridgehead atoms. The number of carbonyl (C=O) groups excluding carboxylic acids is 1. The first-order valence-electron chi connectivity index (χ1n) is 8.68. The van der Waals surface area contributed by atoms with E-state index in [-0.39, 0.29) is 17.6 Å². The van der Waals surface area contributed by atoms with Crippen molar-refractivity contribution in [2.75, 3.05) is 38.8 Å². The van der Waals surface area contributed by atoms with E-state index in [0.717, 1.165) is 17.9 Å².